The summed E-state index contributed by atoms with van der Waals surface area (Å²) in [5.74, 6) is 1.87. The molecule has 0 bridgehead atoms. The van der Waals surface area contributed by atoms with E-state index in [0.29, 0.717) is 6.61 Å². The number of fused-ring (bicyclic) bond motifs is 5. The van der Waals surface area contributed by atoms with E-state index in [1.54, 1.807) is 0 Å². The molecule has 4 nitrogen and oxygen atoms in total. The molecule has 0 radical (unpaired) electrons. The van der Waals surface area contributed by atoms with Gasteiger partial charge in [-0.1, -0.05) is 36.4 Å². The van der Waals surface area contributed by atoms with Crippen molar-refractivity contribution in [3.63, 3.8) is 0 Å². The Morgan fingerprint density at radius 2 is 1.70 bits per heavy atom. The standard InChI is InChI=1S/C23H21N3O/c1-3-27-17-14-12-16(13-15-17)23(2)25-19-9-5-4-8-18(19)22-24-20-10-6-7-11-21(20)26(22)23/h4-15,25H,3H2,1-2H3. The number of nitrogens with zero attached hydrogens (tertiary/aromatic N) is 2. The highest BCUT2D eigenvalue weighted by atomic mass is 16.5. The van der Waals surface area contributed by atoms with Crippen LogP contribution in [0.3, 0.4) is 0 Å². The highest BCUT2D eigenvalue weighted by molar-refractivity contribution is 5.87. The van der Waals surface area contributed by atoms with Gasteiger partial charge in [0.15, 0.2) is 0 Å². The third kappa shape index (κ3) is 2.33. The summed E-state index contributed by atoms with van der Waals surface area (Å²) in [5, 5.41) is 3.76. The quantitative estimate of drug-likeness (QED) is 0.546. The van der Waals surface area contributed by atoms with Gasteiger partial charge in [0.1, 0.15) is 17.2 Å². The summed E-state index contributed by atoms with van der Waals surface area (Å²) in [4.78, 5) is 4.96. The van der Waals surface area contributed by atoms with Crippen LogP contribution in [0.5, 0.6) is 5.75 Å². The Bertz CT molecular complexity index is 1130. The van der Waals surface area contributed by atoms with Crippen molar-refractivity contribution in [2.75, 3.05) is 11.9 Å². The second-order valence-electron chi connectivity index (χ2n) is 6.96. The summed E-state index contributed by atoms with van der Waals surface area (Å²) in [6, 6.07) is 25.0. The van der Waals surface area contributed by atoms with Crippen LogP contribution in [0.25, 0.3) is 22.4 Å². The Balaban J connectivity index is 1.77. The lowest BCUT2D eigenvalue weighted by Crippen LogP contribution is -2.42. The van der Waals surface area contributed by atoms with Gasteiger partial charge in [-0.15, -0.1) is 0 Å². The van der Waals surface area contributed by atoms with Crippen molar-refractivity contribution < 1.29 is 4.74 Å². The number of nitrogens with one attached hydrogen (secondary N) is 1. The molecule has 1 aliphatic heterocycles. The molecule has 1 N–H and O–H groups in total. The number of hydrogen-bond donors (Lipinski definition) is 1. The molecule has 3 aromatic carbocycles. The van der Waals surface area contributed by atoms with Gasteiger partial charge in [0, 0.05) is 11.3 Å². The molecule has 1 aliphatic rings. The maximum atomic E-state index is 5.62. The third-order valence-electron chi connectivity index (χ3n) is 5.28. The van der Waals surface area contributed by atoms with Crippen LogP contribution in [-0.4, -0.2) is 16.2 Å². The molecule has 0 spiro atoms. The second kappa shape index (κ2) is 5.88. The lowest BCUT2D eigenvalue weighted by molar-refractivity contribution is 0.339. The van der Waals surface area contributed by atoms with Gasteiger partial charge in [-0.2, -0.15) is 0 Å². The van der Waals surface area contributed by atoms with E-state index in [-0.39, 0.29) is 0 Å². The molecule has 0 fully saturated rings. The fourth-order valence-electron chi connectivity index (χ4n) is 4.01. The van der Waals surface area contributed by atoms with E-state index < -0.39 is 5.66 Å². The average molecular weight is 355 g/mol. The number of hydrogen-bond acceptors (Lipinski definition) is 3. The van der Waals surface area contributed by atoms with Gasteiger partial charge < -0.3 is 10.1 Å². The van der Waals surface area contributed by atoms with Gasteiger partial charge >= 0.3 is 0 Å². The predicted molar refractivity (Wildman–Crippen MR) is 109 cm³/mol. The lowest BCUT2D eigenvalue weighted by Gasteiger charge is -2.40. The van der Waals surface area contributed by atoms with Gasteiger partial charge in [-0.05, 0) is 55.8 Å². The Kier molecular flexibility index (Phi) is 3.47. The summed E-state index contributed by atoms with van der Waals surface area (Å²) in [6.45, 7) is 4.87. The molecule has 134 valence electrons. The van der Waals surface area contributed by atoms with Gasteiger partial charge in [0.2, 0.25) is 0 Å². The number of anilines is 1. The number of rotatable bonds is 3. The van der Waals surface area contributed by atoms with Crippen LogP contribution < -0.4 is 10.1 Å². The Morgan fingerprint density at radius 3 is 2.52 bits per heavy atom. The topological polar surface area (TPSA) is 39.1 Å². The Labute approximate surface area is 158 Å². The average Bonchev–Trinajstić information content (AvgIpc) is 3.10. The fraction of sp³-hybridized carbons (Fsp3) is 0.174. The van der Waals surface area contributed by atoms with Gasteiger partial charge in [0.05, 0.1) is 17.6 Å². The Hall–Kier alpha value is -3.27. The minimum atomic E-state index is -0.454. The molecule has 1 atom stereocenters. The SMILES string of the molecule is CCOc1ccc(C2(C)Nc3ccccc3-c3nc4ccccc4n32)cc1. The van der Waals surface area contributed by atoms with Gasteiger partial charge in [-0.25, -0.2) is 4.98 Å². The molecule has 4 aromatic rings. The number of para-hydroxylation sites is 3. The molecule has 1 unspecified atom stereocenters. The smallest absolute Gasteiger partial charge is 0.145 e. The van der Waals surface area contributed by atoms with Crippen LogP contribution in [0.1, 0.15) is 19.4 Å². The lowest BCUT2D eigenvalue weighted by atomic mass is 9.95. The molecule has 2 heterocycles. The molecule has 27 heavy (non-hydrogen) atoms. The maximum Gasteiger partial charge on any atom is 0.145 e. The summed E-state index contributed by atoms with van der Waals surface area (Å²) < 4.78 is 7.93. The third-order valence-corrected chi connectivity index (χ3v) is 5.28. The number of imidazole rings is 1. The van der Waals surface area contributed by atoms with Crippen LogP contribution in [0, 0.1) is 0 Å². The monoisotopic (exact) mass is 355 g/mol. The molecule has 4 heteroatoms. The molecule has 0 aliphatic carbocycles. The highest BCUT2D eigenvalue weighted by Gasteiger charge is 2.37. The van der Waals surface area contributed by atoms with Crippen molar-refractivity contribution in [1.82, 2.24) is 9.55 Å². The molecular formula is C23H21N3O. The van der Waals surface area contributed by atoms with Crippen LogP contribution in [-0.2, 0) is 5.66 Å². The van der Waals surface area contributed by atoms with E-state index >= 15 is 0 Å². The zero-order valence-corrected chi connectivity index (χ0v) is 15.4. The van der Waals surface area contributed by atoms with Gasteiger partial charge in [-0.3, -0.25) is 4.57 Å². The summed E-state index contributed by atoms with van der Waals surface area (Å²) in [7, 11) is 0. The van der Waals surface area contributed by atoms with Crippen molar-refractivity contribution in [2.24, 2.45) is 0 Å². The predicted octanol–water partition coefficient (Wildman–Crippen LogP) is 5.25. The van der Waals surface area contributed by atoms with E-state index in [2.05, 4.69) is 71.4 Å². The first-order chi connectivity index (χ1) is 13.2. The normalized spacial score (nSPS) is 17.9. The fourth-order valence-corrected chi connectivity index (χ4v) is 4.01. The van der Waals surface area contributed by atoms with E-state index in [1.807, 2.05) is 25.1 Å². The van der Waals surface area contributed by atoms with E-state index in [4.69, 9.17) is 9.72 Å². The van der Waals surface area contributed by atoms with Crippen molar-refractivity contribution in [3.05, 3.63) is 78.4 Å². The van der Waals surface area contributed by atoms with Crippen LogP contribution >= 0.6 is 0 Å². The van der Waals surface area contributed by atoms with E-state index in [9.17, 15) is 0 Å². The Morgan fingerprint density at radius 1 is 0.963 bits per heavy atom. The first-order valence-corrected chi connectivity index (χ1v) is 9.29. The molecule has 0 saturated heterocycles. The number of ether oxygens (including phenoxy) is 1. The minimum Gasteiger partial charge on any atom is -0.494 e. The van der Waals surface area contributed by atoms with Crippen molar-refractivity contribution in [1.29, 1.82) is 0 Å². The highest BCUT2D eigenvalue weighted by Crippen LogP contribution is 2.43. The second-order valence-corrected chi connectivity index (χ2v) is 6.96. The van der Waals surface area contributed by atoms with Crippen molar-refractivity contribution >= 4 is 16.7 Å². The number of benzene rings is 3. The first-order valence-electron chi connectivity index (χ1n) is 9.29. The van der Waals surface area contributed by atoms with Gasteiger partial charge in [0.25, 0.3) is 0 Å². The molecule has 0 saturated carbocycles. The van der Waals surface area contributed by atoms with Crippen LogP contribution in [0.15, 0.2) is 72.8 Å². The minimum absolute atomic E-state index is 0.454. The number of aromatic nitrogens is 2. The summed E-state index contributed by atoms with van der Waals surface area (Å²) in [5.41, 5.74) is 5.04. The largest absolute Gasteiger partial charge is 0.494 e. The zero-order valence-electron chi connectivity index (χ0n) is 15.4. The molecule has 5 rings (SSSR count). The zero-order chi connectivity index (χ0) is 18.4. The molecule has 1 aromatic heterocycles. The summed E-state index contributed by atoms with van der Waals surface area (Å²) >= 11 is 0. The maximum absolute atomic E-state index is 5.62. The first kappa shape index (κ1) is 15.9. The van der Waals surface area contributed by atoms with Crippen molar-refractivity contribution in [2.45, 2.75) is 19.5 Å². The van der Waals surface area contributed by atoms with E-state index in [0.717, 1.165) is 39.4 Å². The summed E-state index contributed by atoms with van der Waals surface area (Å²) in [6.07, 6.45) is 0. The van der Waals surface area contributed by atoms with Crippen LogP contribution in [0.2, 0.25) is 0 Å². The molecule has 0 amide bonds. The van der Waals surface area contributed by atoms with Crippen molar-refractivity contribution in [3.8, 4) is 17.1 Å². The van der Waals surface area contributed by atoms with E-state index in [1.165, 1.54) is 0 Å². The van der Waals surface area contributed by atoms with Crippen LogP contribution in [0.4, 0.5) is 5.69 Å². The molecular weight excluding hydrogens is 334 g/mol.